The number of alkyl carbamates (subject to hydrolysis) is 1. The van der Waals surface area contributed by atoms with Crippen molar-refractivity contribution in [2.24, 2.45) is 0 Å². The minimum atomic E-state index is -4.55. The zero-order valence-electron chi connectivity index (χ0n) is 10.8. The summed E-state index contributed by atoms with van der Waals surface area (Å²) in [6.07, 6.45) is 1.01. The summed E-state index contributed by atoms with van der Waals surface area (Å²) in [6, 6.07) is -0.00608. The van der Waals surface area contributed by atoms with Crippen molar-refractivity contribution in [3.63, 3.8) is 0 Å². The van der Waals surface area contributed by atoms with Gasteiger partial charge in [0.1, 0.15) is 0 Å². The molecule has 20 heavy (non-hydrogen) atoms. The molecule has 2 N–H and O–H groups in total. The Labute approximate surface area is 114 Å². The molecule has 2 amide bonds. The van der Waals surface area contributed by atoms with E-state index in [0.717, 1.165) is 19.3 Å². The van der Waals surface area contributed by atoms with Crippen molar-refractivity contribution in [2.45, 2.75) is 37.9 Å². The normalized spacial score (nSPS) is 18.4. The molecule has 0 fully saturated rings. The quantitative estimate of drug-likeness (QED) is 0.761. The van der Waals surface area contributed by atoms with E-state index >= 15 is 0 Å². The van der Waals surface area contributed by atoms with Gasteiger partial charge in [0.15, 0.2) is 6.61 Å². The summed E-state index contributed by atoms with van der Waals surface area (Å²) in [6.45, 7) is -1.71. The van der Waals surface area contributed by atoms with Gasteiger partial charge < -0.3 is 15.4 Å². The Bertz CT molecular complexity index is 369. The lowest BCUT2D eigenvalue weighted by atomic mass is 10.0. The molecule has 5 nitrogen and oxygen atoms in total. The van der Waals surface area contributed by atoms with E-state index in [-0.39, 0.29) is 24.9 Å². The van der Waals surface area contributed by atoms with E-state index in [2.05, 4.69) is 15.4 Å². The smallest absolute Gasteiger partial charge is 0.422 e. The Morgan fingerprint density at radius 2 is 2.10 bits per heavy atom. The summed E-state index contributed by atoms with van der Waals surface area (Å²) < 4.78 is 39.2. The Balaban J connectivity index is 2.10. The van der Waals surface area contributed by atoms with Gasteiger partial charge in [-0.1, -0.05) is 12.2 Å². The predicted molar refractivity (Wildman–Crippen MR) is 64.9 cm³/mol. The van der Waals surface area contributed by atoms with E-state index in [1.165, 1.54) is 0 Å². The fourth-order valence-electron chi connectivity index (χ4n) is 1.69. The lowest BCUT2D eigenvalue weighted by Crippen LogP contribution is -2.37. The SMILES string of the molecule is O=C(CCNC(=O)OCC(F)(F)F)N[C@@H]1C=CCCC1. The fraction of sp³-hybridized carbons (Fsp3) is 0.667. The number of rotatable bonds is 5. The van der Waals surface area contributed by atoms with Gasteiger partial charge in [0.25, 0.3) is 0 Å². The first kappa shape index (κ1) is 16.3. The maximum absolute atomic E-state index is 11.8. The number of carbonyl (C=O) groups excluding carboxylic acids is 2. The molecule has 1 aliphatic carbocycles. The van der Waals surface area contributed by atoms with Crippen molar-refractivity contribution in [3.8, 4) is 0 Å². The van der Waals surface area contributed by atoms with E-state index < -0.39 is 18.9 Å². The van der Waals surface area contributed by atoms with Crippen LogP contribution in [0.5, 0.6) is 0 Å². The van der Waals surface area contributed by atoms with Gasteiger partial charge in [-0.2, -0.15) is 13.2 Å². The van der Waals surface area contributed by atoms with Gasteiger partial charge in [0.2, 0.25) is 5.91 Å². The number of alkyl halides is 3. The topological polar surface area (TPSA) is 67.4 Å². The monoisotopic (exact) mass is 294 g/mol. The molecule has 0 saturated heterocycles. The second kappa shape index (κ2) is 7.76. The molecule has 114 valence electrons. The van der Waals surface area contributed by atoms with E-state index in [1.807, 2.05) is 12.2 Å². The third kappa shape index (κ3) is 7.65. The molecular weight excluding hydrogens is 277 g/mol. The average Bonchev–Trinajstić information content (AvgIpc) is 2.37. The van der Waals surface area contributed by atoms with E-state index in [4.69, 9.17) is 0 Å². The van der Waals surface area contributed by atoms with Crippen molar-refractivity contribution in [1.82, 2.24) is 10.6 Å². The molecule has 0 aromatic rings. The second-order valence-electron chi connectivity index (χ2n) is 4.40. The fourth-order valence-corrected chi connectivity index (χ4v) is 1.69. The highest BCUT2D eigenvalue weighted by molar-refractivity contribution is 5.77. The standard InChI is InChI=1S/C12H17F3N2O3/c13-12(14,15)8-20-11(19)16-7-6-10(18)17-9-4-2-1-3-5-9/h2,4,9H,1,3,5-8H2,(H,16,19)(H,17,18)/t9-/m1/s1. The third-order valence-corrected chi connectivity index (χ3v) is 2.59. The van der Waals surface area contributed by atoms with Gasteiger partial charge in [-0.15, -0.1) is 0 Å². The number of hydrogen-bond donors (Lipinski definition) is 2. The number of hydrogen-bond acceptors (Lipinski definition) is 3. The molecule has 0 aromatic heterocycles. The molecular formula is C12H17F3N2O3. The minimum Gasteiger partial charge on any atom is -0.440 e. The van der Waals surface area contributed by atoms with Gasteiger partial charge >= 0.3 is 12.3 Å². The van der Waals surface area contributed by atoms with Gasteiger partial charge in [-0.05, 0) is 19.3 Å². The van der Waals surface area contributed by atoms with Gasteiger partial charge in [0, 0.05) is 19.0 Å². The predicted octanol–water partition coefficient (Wildman–Crippen LogP) is 1.89. The molecule has 0 unspecified atom stereocenters. The van der Waals surface area contributed by atoms with Crippen molar-refractivity contribution in [1.29, 1.82) is 0 Å². The molecule has 0 aliphatic heterocycles. The minimum absolute atomic E-state index is 0.00608. The highest BCUT2D eigenvalue weighted by Gasteiger charge is 2.29. The van der Waals surface area contributed by atoms with Crippen LogP contribution in [0.1, 0.15) is 25.7 Å². The average molecular weight is 294 g/mol. The van der Waals surface area contributed by atoms with Crippen molar-refractivity contribution >= 4 is 12.0 Å². The molecule has 1 atom stereocenters. The van der Waals surface area contributed by atoms with Crippen LogP contribution >= 0.6 is 0 Å². The molecule has 1 aliphatic rings. The number of carbonyl (C=O) groups is 2. The maximum Gasteiger partial charge on any atom is 0.422 e. The van der Waals surface area contributed by atoms with Crippen molar-refractivity contribution in [2.75, 3.05) is 13.2 Å². The molecule has 8 heteroatoms. The first-order valence-corrected chi connectivity index (χ1v) is 6.30. The summed E-state index contributed by atoms with van der Waals surface area (Å²) in [5.41, 5.74) is 0. The molecule has 0 aromatic carbocycles. The zero-order valence-corrected chi connectivity index (χ0v) is 10.8. The Hall–Kier alpha value is -1.73. The summed E-state index contributed by atoms with van der Waals surface area (Å²) in [7, 11) is 0. The molecule has 1 rings (SSSR count). The number of halogens is 3. The van der Waals surface area contributed by atoms with Crippen LogP contribution in [-0.4, -0.2) is 37.4 Å². The number of amides is 2. The summed E-state index contributed by atoms with van der Waals surface area (Å²) in [5.74, 6) is -0.266. The number of allylic oxidation sites excluding steroid dienone is 1. The zero-order chi connectivity index (χ0) is 15.0. The van der Waals surface area contributed by atoms with Crippen LogP contribution in [0.4, 0.5) is 18.0 Å². The van der Waals surface area contributed by atoms with Crippen molar-refractivity contribution in [3.05, 3.63) is 12.2 Å². The highest BCUT2D eigenvalue weighted by atomic mass is 19.4. The highest BCUT2D eigenvalue weighted by Crippen LogP contribution is 2.14. The molecule has 0 radical (unpaired) electrons. The van der Waals surface area contributed by atoms with Crippen LogP contribution in [0.3, 0.4) is 0 Å². The second-order valence-corrected chi connectivity index (χ2v) is 4.40. The molecule has 0 saturated carbocycles. The Kier molecular flexibility index (Phi) is 6.33. The van der Waals surface area contributed by atoms with E-state index in [9.17, 15) is 22.8 Å². The van der Waals surface area contributed by atoms with Gasteiger partial charge in [-0.25, -0.2) is 4.79 Å². The lowest BCUT2D eigenvalue weighted by Gasteiger charge is -2.17. The largest absolute Gasteiger partial charge is 0.440 e. The van der Waals surface area contributed by atoms with E-state index in [0.29, 0.717) is 0 Å². The lowest BCUT2D eigenvalue weighted by molar-refractivity contribution is -0.160. The molecule has 0 spiro atoms. The van der Waals surface area contributed by atoms with Crippen LogP contribution in [0.25, 0.3) is 0 Å². The van der Waals surface area contributed by atoms with Gasteiger partial charge in [0.05, 0.1) is 0 Å². The van der Waals surface area contributed by atoms with E-state index in [1.54, 1.807) is 0 Å². The Morgan fingerprint density at radius 3 is 2.70 bits per heavy atom. The third-order valence-electron chi connectivity index (χ3n) is 2.59. The maximum atomic E-state index is 11.8. The molecule has 0 bridgehead atoms. The summed E-state index contributed by atoms with van der Waals surface area (Å²) in [5, 5.41) is 4.83. The molecule has 0 heterocycles. The van der Waals surface area contributed by atoms with Crippen LogP contribution in [-0.2, 0) is 9.53 Å². The van der Waals surface area contributed by atoms with Crippen LogP contribution in [0, 0.1) is 0 Å². The first-order chi connectivity index (χ1) is 9.37. The first-order valence-electron chi connectivity index (χ1n) is 6.30. The Morgan fingerprint density at radius 1 is 1.35 bits per heavy atom. The summed E-state index contributed by atoms with van der Waals surface area (Å²) >= 11 is 0. The number of ether oxygens (including phenoxy) is 1. The van der Waals surface area contributed by atoms with Crippen LogP contribution in [0.15, 0.2) is 12.2 Å². The number of nitrogens with one attached hydrogen (secondary N) is 2. The van der Waals surface area contributed by atoms with Crippen LogP contribution < -0.4 is 10.6 Å². The van der Waals surface area contributed by atoms with Gasteiger partial charge in [-0.3, -0.25) is 4.79 Å². The van der Waals surface area contributed by atoms with Crippen LogP contribution in [0.2, 0.25) is 0 Å². The van der Waals surface area contributed by atoms with Crippen molar-refractivity contribution < 1.29 is 27.5 Å². The summed E-state index contributed by atoms with van der Waals surface area (Å²) in [4.78, 5) is 22.4.